The molecule has 0 bridgehead atoms. The van der Waals surface area contributed by atoms with Crippen LogP contribution in [0.4, 0.5) is 4.79 Å². The van der Waals surface area contributed by atoms with Crippen molar-refractivity contribution in [2.75, 3.05) is 0 Å². The summed E-state index contributed by atoms with van der Waals surface area (Å²) in [5, 5.41) is 13.9. The van der Waals surface area contributed by atoms with Gasteiger partial charge in [-0.3, -0.25) is 0 Å². The summed E-state index contributed by atoms with van der Waals surface area (Å²) >= 11 is 0. The van der Waals surface area contributed by atoms with Crippen LogP contribution in [0.15, 0.2) is 0 Å². The average molecular weight is 188 g/mol. The Bertz CT molecular complexity index is 38.3. The quantitative estimate of drug-likeness (QED) is 0.490. The molecule has 3 nitrogen and oxygen atoms in total. The topological polar surface area (TPSA) is 57.5 Å². The van der Waals surface area contributed by atoms with Gasteiger partial charge in [0.15, 0.2) is 0 Å². The summed E-state index contributed by atoms with van der Waals surface area (Å²) in [5.74, 6) is 0. The van der Waals surface area contributed by atoms with Crippen molar-refractivity contribution >= 4 is 77.1 Å². The van der Waals surface area contributed by atoms with Gasteiger partial charge in [0.1, 0.15) is 0 Å². The van der Waals surface area contributed by atoms with Gasteiger partial charge in [0, 0.05) is 0 Å². The maximum Gasteiger partial charge on any atom is 0.503 e. The Balaban J connectivity index is -0.00000000750. The molecule has 48 valence electrons. The fourth-order valence-corrected chi connectivity index (χ4v) is 0. The van der Waals surface area contributed by atoms with Gasteiger partial charge >= 0.3 is 52.3 Å². The number of hydrogen-bond donors (Lipinski definition) is 2. The van der Waals surface area contributed by atoms with Gasteiger partial charge in [0.25, 0.3) is 0 Å². The van der Waals surface area contributed by atoms with Gasteiger partial charge in [-0.2, -0.15) is 0 Å². The van der Waals surface area contributed by atoms with Gasteiger partial charge in [-0.05, 0) is 0 Å². The van der Waals surface area contributed by atoms with E-state index in [9.17, 15) is 0 Å². The van der Waals surface area contributed by atoms with Crippen LogP contribution in [-0.4, -0.2) is 62.5 Å². The third-order valence-corrected chi connectivity index (χ3v) is 0. The van der Waals surface area contributed by atoms with E-state index in [-0.39, 0.29) is 70.9 Å². The molecule has 8 heavy (non-hydrogen) atoms. The van der Waals surface area contributed by atoms with E-state index in [0.717, 1.165) is 0 Å². The molecule has 0 heterocycles. The van der Waals surface area contributed by atoms with Crippen molar-refractivity contribution in [1.29, 1.82) is 0 Å². The third kappa shape index (κ3) is 157. The summed E-state index contributed by atoms with van der Waals surface area (Å²) < 4.78 is 0. The van der Waals surface area contributed by atoms with Crippen LogP contribution in [0.1, 0.15) is 0 Å². The largest absolute Gasteiger partial charge is 0.503 e. The smallest absolute Gasteiger partial charge is 0.450 e. The van der Waals surface area contributed by atoms with Crippen molar-refractivity contribution < 1.29 is 15.0 Å². The molecule has 0 aromatic heterocycles. The second-order valence-electron chi connectivity index (χ2n) is 0.283. The summed E-state index contributed by atoms with van der Waals surface area (Å²) in [6.45, 7) is 0. The summed E-state index contributed by atoms with van der Waals surface area (Å²) in [7, 11) is 0. The highest BCUT2D eigenvalue weighted by molar-refractivity contribution is 5.85. The molecule has 0 aromatic rings. The Morgan fingerprint density at radius 3 is 1.00 bits per heavy atom. The van der Waals surface area contributed by atoms with Crippen LogP contribution in [0.2, 0.25) is 0 Å². The molecule has 0 aromatic carbocycles. The predicted octanol–water partition coefficient (Wildman–Crippen LogP) is -0.766. The van der Waals surface area contributed by atoms with E-state index in [4.69, 9.17) is 15.0 Å². The van der Waals surface area contributed by atoms with Crippen LogP contribution < -0.4 is 0 Å². The van der Waals surface area contributed by atoms with Gasteiger partial charge in [0.05, 0.1) is 0 Å². The molecule has 0 radical (unpaired) electrons. The summed E-state index contributed by atoms with van der Waals surface area (Å²) in [6.07, 6.45) is -1.83. The highest BCUT2D eigenvalue weighted by Gasteiger charge is 1.70. The van der Waals surface area contributed by atoms with Gasteiger partial charge in [0.2, 0.25) is 0 Å². The molecule has 0 unspecified atom stereocenters. The molecule has 0 amide bonds. The zero-order valence-corrected chi connectivity index (χ0v) is 4.25. The predicted molar refractivity (Wildman–Crippen MR) is 42.2 cm³/mol. The molecule has 0 fully saturated rings. The van der Waals surface area contributed by atoms with E-state index >= 15 is 0 Å². The van der Waals surface area contributed by atoms with Crippen LogP contribution >= 0.6 is 24.8 Å². The summed E-state index contributed by atoms with van der Waals surface area (Å²) in [4.78, 5) is 8.56. The van der Waals surface area contributed by atoms with Crippen molar-refractivity contribution in [1.82, 2.24) is 0 Å². The molecule has 0 aliphatic rings. The Morgan fingerprint density at radius 2 is 1.00 bits per heavy atom. The molecule has 0 saturated carbocycles. The van der Waals surface area contributed by atoms with Crippen molar-refractivity contribution in [2.45, 2.75) is 0 Å². The second-order valence-corrected chi connectivity index (χ2v) is 0.283. The van der Waals surface area contributed by atoms with E-state index in [1.807, 2.05) is 0 Å². The molecule has 0 rings (SSSR count). The average Bonchev–Trinajstić information content (AvgIpc) is 0.811. The lowest BCUT2D eigenvalue weighted by Crippen LogP contribution is -1.81. The summed E-state index contributed by atoms with van der Waals surface area (Å²) in [5.41, 5.74) is 0. The highest BCUT2D eigenvalue weighted by Crippen LogP contribution is 1.42. The molecular formula is CH8Cl2Mg2O3. The maximum atomic E-state index is 8.56. The molecule has 0 atom stereocenters. The molecule has 7 heteroatoms. The number of hydrogen-bond acceptors (Lipinski definition) is 1. The van der Waals surface area contributed by atoms with Crippen molar-refractivity contribution in [3.05, 3.63) is 0 Å². The first-order valence-corrected chi connectivity index (χ1v) is 0.651. The van der Waals surface area contributed by atoms with Crippen molar-refractivity contribution in [2.24, 2.45) is 0 Å². The lowest BCUT2D eigenvalue weighted by molar-refractivity contribution is 0.137. The molecule has 0 aliphatic heterocycles. The maximum absolute atomic E-state index is 8.56. The second kappa shape index (κ2) is 23.8. The Morgan fingerprint density at radius 1 is 1.00 bits per heavy atom. The molecule has 0 aliphatic carbocycles. The van der Waals surface area contributed by atoms with Gasteiger partial charge < -0.3 is 10.2 Å². The van der Waals surface area contributed by atoms with Crippen LogP contribution in [0.25, 0.3) is 0 Å². The van der Waals surface area contributed by atoms with Crippen LogP contribution in [0.5, 0.6) is 0 Å². The number of rotatable bonds is 0. The monoisotopic (exact) mass is 186 g/mol. The van der Waals surface area contributed by atoms with Gasteiger partial charge in [-0.25, -0.2) is 4.79 Å². The van der Waals surface area contributed by atoms with Crippen LogP contribution in [0.3, 0.4) is 0 Å². The number of halogens is 2. The van der Waals surface area contributed by atoms with E-state index in [1.165, 1.54) is 0 Å². The van der Waals surface area contributed by atoms with E-state index in [1.54, 1.807) is 0 Å². The zero-order chi connectivity index (χ0) is 3.58. The van der Waals surface area contributed by atoms with Crippen LogP contribution in [0, 0.1) is 0 Å². The standard InChI is InChI=1S/CH2O3.2ClH.2Mg.4H/c2-1(3)4;;;;;;;;/h(H2,2,3,4);2*1H;;;;;;. The SMILES string of the molecule is Cl.Cl.O=C(O)O.[MgH2].[MgH2]. The van der Waals surface area contributed by atoms with E-state index < -0.39 is 6.16 Å². The molecule has 2 N–H and O–H groups in total. The Labute approximate surface area is 91.3 Å². The lowest BCUT2D eigenvalue weighted by Gasteiger charge is -1.60. The first kappa shape index (κ1) is 34.3. The number of carboxylic acid groups (broad SMARTS) is 2. The van der Waals surface area contributed by atoms with Crippen molar-refractivity contribution in [3.63, 3.8) is 0 Å². The first-order valence-electron chi connectivity index (χ1n) is 0.651. The molecular weight excluding hydrogens is 180 g/mol. The third-order valence-electron chi connectivity index (χ3n) is 0. The first-order chi connectivity index (χ1) is 1.73. The highest BCUT2D eigenvalue weighted by atomic mass is 35.5. The Kier molecular flexibility index (Phi) is 102. The lowest BCUT2D eigenvalue weighted by atomic mass is 11.5. The minimum absolute atomic E-state index is 0. The minimum atomic E-state index is -1.83. The van der Waals surface area contributed by atoms with Gasteiger partial charge in [-0.15, -0.1) is 24.8 Å². The molecule has 0 saturated heterocycles. The van der Waals surface area contributed by atoms with Crippen molar-refractivity contribution in [3.8, 4) is 0 Å². The minimum Gasteiger partial charge on any atom is -0.450 e. The Hall–Kier alpha value is 1.38. The van der Waals surface area contributed by atoms with Crippen LogP contribution in [-0.2, 0) is 0 Å². The van der Waals surface area contributed by atoms with E-state index in [2.05, 4.69) is 0 Å². The fraction of sp³-hybridized carbons (Fsp3) is 0. The van der Waals surface area contributed by atoms with E-state index in [0.29, 0.717) is 0 Å². The normalized spacial score (nSPS) is 3.00. The summed E-state index contributed by atoms with van der Waals surface area (Å²) in [6, 6.07) is 0. The molecule has 0 spiro atoms. The zero-order valence-electron chi connectivity index (χ0n) is 2.62. The van der Waals surface area contributed by atoms with Gasteiger partial charge in [-0.1, -0.05) is 0 Å². The fourth-order valence-electron chi connectivity index (χ4n) is 0. The number of carbonyl (C=O) groups is 1.